The first-order valence-corrected chi connectivity index (χ1v) is 7.48. The number of thioether (sulfide) groups is 1. The van der Waals surface area contributed by atoms with Crippen molar-refractivity contribution < 1.29 is 9.18 Å². The Hall–Kier alpha value is -1.47. The highest BCUT2D eigenvalue weighted by molar-refractivity contribution is 8.01. The molecule has 100 valence electrons. The van der Waals surface area contributed by atoms with Crippen LogP contribution in [0, 0.1) is 5.82 Å². The van der Waals surface area contributed by atoms with Crippen LogP contribution in [-0.4, -0.2) is 21.9 Å². The molecule has 0 aliphatic rings. The van der Waals surface area contributed by atoms with E-state index in [-0.39, 0.29) is 18.1 Å². The van der Waals surface area contributed by atoms with Crippen molar-refractivity contribution in [2.24, 2.45) is 0 Å². The molecule has 0 radical (unpaired) electrons. The first-order chi connectivity index (χ1) is 9.17. The van der Waals surface area contributed by atoms with Gasteiger partial charge in [-0.2, -0.15) is 0 Å². The second-order valence-electron chi connectivity index (χ2n) is 3.66. The molecule has 0 saturated heterocycles. The smallest absolute Gasteiger partial charge is 0.230 e. The number of hydrogen-bond acceptors (Lipinski definition) is 5. The number of carbonyl (C=O) groups excluding carboxylic acids is 1. The van der Waals surface area contributed by atoms with Crippen molar-refractivity contribution in [2.75, 3.05) is 11.1 Å². The quantitative estimate of drug-likeness (QED) is 0.681. The number of anilines is 1. The van der Waals surface area contributed by atoms with Gasteiger partial charge in [0.25, 0.3) is 0 Å². The Balaban J connectivity index is 1.91. The summed E-state index contributed by atoms with van der Waals surface area (Å²) in [5, 5.41) is 11.0. The Morgan fingerprint density at radius 2 is 2.11 bits per heavy atom. The Morgan fingerprint density at radius 1 is 1.37 bits per heavy atom. The van der Waals surface area contributed by atoms with Crippen LogP contribution in [0.15, 0.2) is 28.6 Å². The summed E-state index contributed by atoms with van der Waals surface area (Å²) in [5.74, 6) is 0.420. The van der Waals surface area contributed by atoms with Gasteiger partial charge in [-0.05, 0) is 23.4 Å². The van der Waals surface area contributed by atoms with Gasteiger partial charge in [0.2, 0.25) is 11.0 Å². The van der Waals surface area contributed by atoms with Gasteiger partial charge in [-0.15, -0.1) is 10.2 Å². The molecule has 1 aromatic heterocycles. The minimum Gasteiger partial charge on any atom is -0.300 e. The average Bonchev–Trinajstić information content (AvgIpc) is 2.80. The number of hydrogen-bond donors (Lipinski definition) is 1. The van der Waals surface area contributed by atoms with Crippen LogP contribution >= 0.6 is 23.1 Å². The number of halogens is 1. The Labute approximate surface area is 118 Å². The number of benzene rings is 1. The third-order valence-electron chi connectivity index (χ3n) is 2.20. The first kappa shape index (κ1) is 14.0. The molecule has 1 heterocycles. The minimum absolute atomic E-state index is 0.184. The molecular weight excluding hydrogens is 285 g/mol. The number of aromatic nitrogens is 2. The molecule has 4 nitrogen and oxygen atoms in total. The van der Waals surface area contributed by atoms with Gasteiger partial charge >= 0.3 is 0 Å². The topological polar surface area (TPSA) is 54.9 Å². The fraction of sp³-hybridized carbons (Fsp3) is 0.250. The van der Waals surface area contributed by atoms with Crippen LogP contribution in [0.25, 0.3) is 0 Å². The van der Waals surface area contributed by atoms with Gasteiger partial charge in [-0.25, -0.2) is 4.39 Å². The van der Waals surface area contributed by atoms with Crippen LogP contribution < -0.4 is 5.32 Å². The molecular formula is C12H12FN3OS2. The largest absolute Gasteiger partial charge is 0.300 e. The van der Waals surface area contributed by atoms with E-state index in [9.17, 15) is 9.18 Å². The summed E-state index contributed by atoms with van der Waals surface area (Å²) < 4.78 is 13.6. The van der Waals surface area contributed by atoms with Gasteiger partial charge in [0, 0.05) is 0 Å². The number of nitrogens with one attached hydrogen (secondary N) is 1. The summed E-state index contributed by atoms with van der Waals surface area (Å²) in [6, 6.07) is 5.86. The van der Waals surface area contributed by atoms with E-state index in [4.69, 9.17) is 0 Å². The molecule has 0 unspecified atom stereocenters. The normalized spacial score (nSPS) is 10.4. The molecule has 0 fully saturated rings. The highest BCUT2D eigenvalue weighted by Gasteiger charge is 2.09. The van der Waals surface area contributed by atoms with E-state index >= 15 is 0 Å². The Bertz CT molecular complexity index is 556. The molecule has 0 atom stereocenters. The molecule has 19 heavy (non-hydrogen) atoms. The summed E-state index contributed by atoms with van der Waals surface area (Å²) in [6.07, 6.45) is 0.191. The van der Waals surface area contributed by atoms with Gasteiger partial charge in [0.15, 0.2) is 4.34 Å². The molecule has 0 spiro atoms. The number of rotatable bonds is 5. The van der Waals surface area contributed by atoms with E-state index in [1.807, 2.05) is 6.92 Å². The van der Waals surface area contributed by atoms with Crippen LogP contribution in [0.2, 0.25) is 0 Å². The van der Waals surface area contributed by atoms with Crippen LogP contribution in [0.4, 0.5) is 9.52 Å². The van der Waals surface area contributed by atoms with E-state index in [0.29, 0.717) is 5.13 Å². The first-order valence-electron chi connectivity index (χ1n) is 5.68. The monoisotopic (exact) mass is 297 g/mol. The Kier molecular flexibility index (Phi) is 4.86. The van der Waals surface area contributed by atoms with E-state index in [1.165, 1.54) is 23.5 Å². The van der Waals surface area contributed by atoms with Crippen molar-refractivity contribution in [3.8, 4) is 0 Å². The van der Waals surface area contributed by atoms with Crippen molar-refractivity contribution >= 4 is 34.1 Å². The van der Waals surface area contributed by atoms with Crippen LogP contribution in [-0.2, 0) is 11.2 Å². The zero-order valence-corrected chi connectivity index (χ0v) is 11.9. The van der Waals surface area contributed by atoms with E-state index < -0.39 is 0 Å². The van der Waals surface area contributed by atoms with Crippen LogP contribution in [0.1, 0.15) is 12.5 Å². The van der Waals surface area contributed by atoms with Crippen molar-refractivity contribution in [1.82, 2.24) is 10.2 Å². The minimum atomic E-state index is -0.311. The molecule has 1 N–H and O–H groups in total. The van der Waals surface area contributed by atoms with Crippen molar-refractivity contribution in [3.63, 3.8) is 0 Å². The maximum Gasteiger partial charge on any atom is 0.230 e. The maximum absolute atomic E-state index is 12.7. The third-order valence-corrected chi connectivity index (χ3v) is 4.05. The molecule has 0 bridgehead atoms. The van der Waals surface area contributed by atoms with E-state index in [2.05, 4.69) is 15.5 Å². The van der Waals surface area contributed by atoms with E-state index in [1.54, 1.807) is 23.9 Å². The molecule has 7 heteroatoms. The van der Waals surface area contributed by atoms with Gasteiger partial charge in [-0.1, -0.05) is 42.2 Å². The van der Waals surface area contributed by atoms with Crippen molar-refractivity contribution in [1.29, 1.82) is 0 Å². The highest BCUT2D eigenvalue weighted by Crippen LogP contribution is 2.24. The van der Waals surface area contributed by atoms with Gasteiger partial charge in [0.05, 0.1) is 6.42 Å². The summed E-state index contributed by atoms with van der Waals surface area (Å²) in [5.41, 5.74) is 0.756. The molecule has 0 aliphatic carbocycles. The maximum atomic E-state index is 12.7. The number of amides is 1. The van der Waals surface area contributed by atoms with Crippen LogP contribution in [0.5, 0.6) is 0 Å². The van der Waals surface area contributed by atoms with Crippen molar-refractivity contribution in [2.45, 2.75) is 17.7 Å². The molecule has 0 aliphatic heterocycles. The number of nitrogens with zero attached hydrogens (tertiary/aromatic N) is 2. The van der Waals surface area contributed by atoms with Crippen molar-refractivity contribution in [3.05, 3.63) is 35.6 Å². The third kappa shape index (κ3) is 4.29. The lowest BCUT2D eigenvalue weighted by atomic mass is 10.1. The summed E-state index contributed by atoms with van der Waals surface area (Å²) in [6.45, 7) is 2.03. The SMILES string of the molecule is CCSc1nnc(NC(=O)Cc2ccc(F)cc2)s1. The predicted octanol–water partition coefficient (Wildman–Crippen LogP) is 2.97. The molecule has 2 rings (SSSR count). The lowest BCUT2D eigenvalue weighted by Gasteiger charge is -2.01. The lowest BCUT2D eigenvalue weighted by Crippen LogP contribution is -2.14. The zero-order chi connectivity index (χ0) is 13.7. The van der Waals surface area contributed by atoms with Gasteiger partial charge < -0.3 is 5.32 Å². The fourth-order valence-electron chi connectivity index (χ4n) is 1.39. The molecule has 0 saturated carbocycles. The fourth-order valence-corrected chi connectivity index (χ4v) is 3.06. The molecule has 2 aromatic rings. The van der Waals surface area contributed by atoms with E-state index in [0.717, 1.165) is 15.7 Å². The lowest BCUT2D eigenvalue weighted by molar-refractivity contribution is -0.115. The second-order valence-corrected chi connectivity index (χ2v) is 6.15. The molecule has 1 aromatic carbocycles. The highest BCUT2D eigenvalue weighted by atomic mass is 32.2. The number of carbonyl (C=O) groups is 1. The van der Waals surface area contributed by atoms with Crippen LogP contribution in [0.3, 0.4) is 0 Å². The zero-order valence-electron chi connectivity index (χ0n) is 10.2. The second kappa shape index (κ2) is 6.63. The standard InChI is InChI=1S/C12H12FN3OS2/c1-2-18-12-16-15-11(19-12)14-10(17)7-8-3-5-9(13)6-4-8/h3-6H,2,7H2,1H3,(H,14,15,17). The van der Waals surface area contributed by atoms with Gasteiger partial charge in [-0.3, -0.25) is 4.79 Å². The van der Waals surface area contributed by atoms with Gasteiger partial charge in [0.1, 0.15) is 5.82 Å². The summed E-state index contributed by atoms with van der Waals surface area (Å²) >= 11 is 2.93. The molecule has 1 amide bonds. The Morgan fingerprint density at radius 3 is 2.79 bits per heavy atom. The summed E-state index contributed by atoms with van der Waals surface area (Å²) in [4.78, 5) is 11.8. The summed E-state index contributed by atoms with van der Waals surface area (Å²) in [7, 11) is 0. The average molecular weight is 297 g/mol. The predicted molar refractivity (Wildman–Crippen MR) is 75.0 cm³/mol.